The van der Waals surface area contributed by atoms with Gasteiger partial charge in [-0.3, -0.25) is 4.90 Å². The molecule has 0 aromatic rings. The summed E-state index contributed by atoms with van der Waals surface area (Å²) in [6.45, 7) is 24.2. The Balaban J connectivity index is 2.42. The molecule has 1 aliphatic heterocycles. The zero-order valence-electron chi connectivity index (χ0n) is 18.1. The largest absolute Gasteiger partial charge is 0.301 e. The molecule has 144 valence electrons. The van der Waals surface area contributed by atoms with Crippen LogP contribution in [-0.2, 0) is 0 Å². The Hall–Kier alpha value is -0.0800. The van der Waals surface area contributed by atoms with Crippen LogP contribution in [0.2, 0.25) is 0 Å². The van der Waals surface area contributed by atoms with Crippen LogP contribution in [0, 0.1) is 17.3 Å². The summed E-state index contributed by atoms with van der Waals surface area (Å²) in [7, 11) is 0. The Morgan fingerprint density at radius 2 is 1.54 bits per heavy atom. The summed E-state index contributed by atoms with van der Waals surface area (Å²) in [6, 6.07) is 1.50. The second-order valence-electron chi connectivity index (χ2n) is 9.19. The number of rotatable bonds is 12. The fraction of sp³-hybridized carbons (Fsp3) is 1.00. The van der Waals surface area contributed by atoms with Crippen molar-refractivity contribution in [2.24, 2.45) is 17.3 Å². The van der Waals surface area contributed by atoms with Crippen LogP contribution in [0.5, 0.6) is 0 Å². The van der Waals surface area contributed by atoms with Crippen LogP contribution in [0.3, 0.4) is 0 Å². The number of nitrogens with zero attached hydrogens (tertiary/aromatic N) is 2. The summed E-state index contributed by atoms with van der Waals surface area (Å²) in [5, 5.41) is 0. The van der Waals surface area contributed by atoms with Gasteiger partial charge in [-0.15, -0.1) is 0 Å². The third kappa shape index (κ3) is 6.33. The van der Waals surface area contributed by atoms with E-state index in [-0.39, 0.29) is 0 Å². The molecule has 0 aromatic heterocycles. The van der Waals surface area contributed by atoms with Gasteiger partial charge in [0.2, 0.25) is 0 Å². The van der Waals surface area contributed by atoms with Crippen LogP contribution < -0.4 is 0 Å². The molecule has 0 aromatic carbocycles. The molecular weight excluding hydrogens is 292 g/mol. The van der Waals surface area contributed by atoms with Crippen molar-refractivity contribution >= 4 is 0 Å². The van der Waals surface area contributed by atoms with Gasteiger partial charge in [-0.2, -0.15) is 0 Å². The van der Waals surface area contributed by atoms with E-state index in [2.05, 4.69) is 65.2 Å². The molecule has 1 fully saturated rings. The maximum Gasteiger partial charge on any atom is 0.00926 e. The van der Waals surface area contributed by atoms with E-state index in [1.807, 2.05) is 0 Å². The van der Waals surface area contributed by atoms with Gasteiger partial charge in [-0.25, -0.2) is 0 Å². The predicted molar refractivity (Wildman–Crippen MR) is 109 cm³/mol. The first kappa shape index (κ1) is 22.0. The zero-order chi connectivity index (χ0) is 18.3. The van der Waals surface area contributed by atoms with Gasteiger partial charge in [0.15, 0.2) is 0 Å². The lowest BCUT2D eigenvalue weighted by Gasteiger charge is -2.51. The number of hydrogen-bond donors (Lipinski definition) is 0. The van der Waals surface area contributed by atoms with E-state index in [9.17, 15) is 0 Å². The molecule has 0 saturated carbocycles. The molecule has 0 N–H and O–H groups in total. The minimum Gasteiger partial charge on any atom is -0.301 e. The molecule has 0 spiro atoms. The van der Waals surface area contributed by atoms with E-state index in [0.29, 0.717) is 11.5 Å². The minimum absolute atomic E-state index is 0.556. The Labute approximate surface area is 153 Å². The quantitative estimate of drug-likeness (QED) is 0.452. The maximum absolute atomic E-state index is 2.77. The highest BCUT2D eigenvalue weighted by Gasteiger charge is 2.39. The molecule has 1 rings (SSSR count). The SMILES string of the molecule is CCC(C)[C@H](C)CC[C@H](CC)N(CC)CCC1(C)CN(C(C)C)C1. The molecular formula is C22H46N2. The average Bonchev–Trinajstić information content (AvgIpc) is 2.53. The molecule has 0 radical (unpaired) electrons. The molecule has 0 amide bonds. The van der Waals surface area contributed by atoms with Gasteiger partial charge in [0.05, 0.1) is 0 Å². The van der Waals surface area contributed by atoms with Crippen molar-refractivity contribution in [3.63, 3.8) is 0 Å². The van der Waals surface area contributed by atoms with Crippen molar-refractivity contribution in [3.05, 3.63) is 0 Å². The number of likely N-dealkylation sites (tertiary alicyclic amines) is 1. The maximum atomic E-state index is 2.77. The minimum atomic E-state index is 0.556. The van der Waals surface area contributed by atoms with Crippen LogP contribution in [0.4, 0.5) is 0 Å². The first-order valence-electron chi connectivity index (χ1n) is 10.7. The van der Waals surface area contributed by atoms with E-state index < -0.39 is 0 Å². The predicted octanol–water partition coefficient (Wildman–Crippen LogP) is 5.67. The molecule has 0 bridgehead atoms. The third-order valence-corrected chi connectivity index (χ3v) is 6.87. The van der Waals surface area contributed by atoms with Crippen LogP contribution in [0.1, 0.15) is 87.5 Å². The summed E-state index contributed by atoms with van der Waals surface area (Å²) >= 11 is 0. The van der Waals surface area contributed by atoms with Crippen molar-refractivity contribution in [1.82, 2.24) is 9.80 Å². The Bertz CT molecular complexity index is 333. The van der Waals surface area contributed by atoms with Gasteiger partial charge in [0.25, 0.3) is 0 Å². The number of hydrogen-bond acceptors (Lipinski definition) is 2. The smallest absolute Gasteiger partial charge is 0.00926 e. The molecule has 2 nitrogen and oxygen atoms in total. The first-order chi connectivity index (χ1) is 11.3. The standard InChI is InChI=1S/C22H46N2/c1-9-19(6)20(7)12-13-21(10-2)23(11-3)15-14-22(8)16-24(17-22)18(4)5/h18-21H,9-17H2,1-8H3/t19?,20-,21+/m1/s1. The van der Waals surface area contributed by atoms with Gasteiger partial charge in [-0.05, 0) is 69.9 Å². The summed E-state index contributed by atoms with van der Waals surface area (Å²) in [5.41, 5.74) is 0.556. The van der Waals surface area contributed by atoms with Crippen molar-refractivity contribution in [3.8, 4) is 0 Å². The highest BCUT2D eigenvalue weighted by molar-refractivity contribution is 4.93. The molecule has 0 aliphatic carbocycles. The molecule has 1 unspecified atom stereocenters. The summed E-state index contributed by atoms with van der Waals surface area (Å²) in [4.78, 5) is 5.38. The molecule has 24 heavy (non-hydrogen) atoms. The van der Waals surface area contributed by atoms with Crippen LogP contribution in [-0.4, -0.2) is 48.1 Å². The lowest BCUT2D eigenvalue weighted by Crippen LogP contribution is -2.58. The van der Waals surface area contributed by atoms with E-state index in [0.717, 1.165) is 17.9 Å². The van der Waals surface area contributed by atoms with E-state index in [1.165, 1.54) is 58.3 Å². The highest BCUT2D eigenvalue weighted by atomic mass is 15.2. The first-order valence-corrected chi connectivity index (χ1v) is 10.7. The normalized spacial score (nSPS) is 21.8. The average molecular weight is 339 g/mol. The summed E-state index contributed by atoms with van der Waals surface area (Å²) in [6.07, 6.45) is 6.75. The lowest BCUT2D eigenvalue weighted by molar-refractivity contribution is -0.0224. The van der Waals surface area contributed by atoms with E-state index >= 15 is 0 Å². The molecule has 3 atom stereocenters. The fourth-order valence-corrected chi connectivity index (χ4v) is 4.26. The van der Waals surface area contributed by atoms with Crippen LogP contribution >= 0.6 is 0 Å². The Morgan fingerprint density at radius 1 is 0.917 bits per heavy atom. The van der Waals surface area contributed by atoms with Crippen LogP contribution in [0.25, 0.3) is 0 Å². The lowest BCUT2D eigenvalue weighted by atomic mass is 9.78. The zero-order valence-corrected chi connectivity index (χ0v) is 18.1. The monoisotopic (exact) mass is 338 g/mol. The topological polar surface area (TPSA) is 6.48 Å². The van der Waals surface area contributed by atoms with Crippen molar-refractivity contribution in [2.75, 3.05) is 26.2 Å². The Kier molecular flexibility index (Phi) is 9.30. The van der Waals surface area contributed by atoms with E-state index in [1.54, 1.807) is 0 Å². The van der Waals surface area contributed by atoms with Crippen LogP contribution in [0.15, 0.2) is 0 Å². The summed E-state index contributed by atoms with van der Waals surface area (Å²) < 4.78 is 0. The third-order valence-electron chi connectivity index (χ3n) is 6.87. The van der Waals surface area contributed by atoms with Crippen molar-refractivity contribution < 1.29 is 0 Å². The molecule has 1 heterocycles. The van der Waals surface area contributed by atoms with Crippen molar-refractivity contribution in [2.45, 2.75) is 99.6 Å². The molecule has 1 aliphatic rings. The van der Waals surface area contributed by atoms with Gasteiger partial charge >= 0.3 is 0 Å². The summed E-state index contributed by atoms with van der Waals surface area (Å²) in [5.74, 6) is 1.74. The molecule has 1 saturated heterocycles. The second kappa shape index (κ2) is 10.2. The van der Waals surface area contributed by atoms with Crippen molar-refractivity contribution in [1.29, 1.82) is 0 Å². The van der Waals surface area contributed by atoms with Gasteiger partial charge in [0, 0.05) is 25.2 Å². The fourth-order valence-electron chi connectivity index (χ4n) is 4.26. The van der Waals surface area contributed by atoms with Gasteiger partial charge in [-0.1, -0.05) is 48.0 Å². The highest BCUT2D eigenvalue weighted by Crippen LogP contribution is 2.35. The van der Waals surface area contributed by atoms with E-state index in [4.69, 9.17) is 0 Å². The van der Waals surface area contributed by atoms with Gasteiger partial charge in [0.1, 0.15) is 0 Å². The van der Waals surface area contributed by atoms with Gasteiger partial charge < -0.3 is 4.90 Å². The second-order valence-corrected chi connectivity index (χ2v) is 9.19. The molecule has 2 heteroatoms. The Morgan fingerprint density at radius 3 is 2.00 bits per heavy atom.